The van der Waals surface area contributed by atoms with Gasteiger partial charge < -0.3 is 5.32 Å². The Kier molecular flexibility index (Phi) is 5.23. The summed E-state index contributed by atoms with van der Waals surface area (Å²) in [5.41, 5.74) is 6.76. The molecule has 2 heteroatoms. The van der Waals surface area contributed by atoms with Crippen LogP contribution in [0, 0.1) is 20.8 Å². The Bertz CT molecular complexity index is 633. The van der Waals surface area contributed by atoms with Gasteiger partial charge in [-0.25, -0.2) is 0 Å². The maximum Gasteiger partial charge on any atom is 0.0308 e. The van der Waals surface area contributed by atoms with Crippen LogP contribution in [0.5, 0.6) is 0 Å². The highest BCUT2D eigenvalue weighted by molar-refractivity contribution is 9.10. The van der Waals surface area contributed by atoms with Crippen molar-refractivity contribution in [1.82, 2.24) is 5.32 Å². The molecule has 1 nitrogen and oxygen atoms in total. The van der Waals surface area contributed by atoms with E-state index in [9.17, 15) is 0 Å². The van der Waals surface area contributed by atoms with Crippen LogP contribution in [0.2, 0.25) is 0 Å². The molecule has 0 amide bonds. The lowest BCUT2D eigenvalue weighted by Gasteiger charge is -2.23. The van der Waals surface area contributed by atoms with E-state index in [1.807, 2.05) is 0 Å². The molecule has 2 aromatic rings. The zero-order valence-corrected chi connectivity index (χ0v) is 15.1. The molecule has 0 bridgehead atoms. The topological polar surface area (TPSA) is 12.0 Å². The minimum Gasteiger partial charge on any atom is -0.304 e. The lowest BCUT2D eigenvalue weighted by Crippen LogP contribution is -2.23. The van der Waals surface area contributed by atoms with E-state index in [1.165, 1.54) is 27.8 Å². The zero-order chi connectivity index (χ0) is 15.6. The van der Waals surface area contributed by atoms with Gasteiger partial charge in [-0.05, 0) is 68.5 Å². The highest BCUT2D eigenvalue weighted by Gasteiger charge is 2.15. The standard InChI is InChI=1S/C19H24BrN/c1-12-10-14(3)18(11-13(12)2)16(5)21-15(4)17-8-6-7-9-19(17)20/h6-11,15-16,21H,1-5H3/t15-,16?/m1/s1. The monoisotopic (exact) mass is 345 g/mol. The lowest BCUT2D eigenvalue weighted by molar-refractivity contribution is 0.492. The first-order chi connectivity index (χ1) is 9.90. The van der Waals surface area contributed by atoms with Crippen molar-refractivity contribution in [3.8, 4) is 0 Å². The van der Waals surface area contributed by atoms with Crippen LogP contribution in [-0.2, 0) is 0 Å². The molecule has 0 aliphatic carbocycles. The van der Waals surface area contributed by atoms with Gasteiger partial charge in [-0.1, -0.05) is 46.3 Å². The van der Waals surface area contributed by atoms with Crippen molar-refractivity contribution in [3.63, 3.8) is 0 Å². The Morgan fingerprint density at radius 3 is 2.05 bits per heavy atom. The molecule has 0 saturated carbocycles. The molecule has 0 heterocycles. The van der Waals surface area contributed by atoms with E-state index in [0.717, 1.165) is 4.47 Å². The molecular formula is C19H24BrN. The largest absolute Gasteiger partial charge is 0.304 e. The van der Waals surface area contributed by atoms with Crippen molar-refractivity contribution < 1.29 is 0 Å². The SMILES string of the molecule is Cc1cc(C)c(C(C)N[C@H](C)c2ccccc2Br)cc1C. The Balaban J connectivity index is 2.20. The molecule has 0 aromatic heterocycles. The first kappa shape index (κ1) is 16.3. The summed E-state index contributed by atoms with van der Waals surface area (Å²) in [6.07, 6.45) is 0. The molecule has 0 aliphatic rings. The third-order valence-corrected chi connectivity index (χ3v) is 4.94. The van der Waals surface area contributed by atoms with E-state index in [1.54, 1.807) is 0 Å². The number of halogens is 1. The molecular weight excluding hydrogens is 322 g/mol. The van der Waals surface area contributed by atoms with Gasteiger partial charge in [0.05, 0.1) is 0 Å². The van der Waals surface area contributed by atoms with Crippen LogP contribution < -0.4 is 5.32 Å². The molecule has 0 aliphatic heterocycles. The first-order valence-corrected chi connectivity index (χ1v) is 8.27. The van der Waals surface area contributed by atoms with Crippen molar-refractivity contribution >= 4 is 15.9 Å². The number of rotatable bonds is 4. The van der Waals surface area contributed by atoms with Gasteiger partial charge in [0.15, 0.2) is 0 Å². The third kappa shape index (κ3) is 3.75. The van der Waals surface area contributed by atoms with Gasteiger partial charge >= 0.3 is 0 Å². The molecule has 0 fully saturated rings. The van der Waals surface area contributed by atoms with Gasteiger partial charge in [-0.2, -0.15) is 0 Å². The fourth-order valence-corrected chi connectivity index (χ4v) is 3.46. The Morgan fingerprint density at radius 2 is 1.38 bits per heavy atom. The van der Waals surface area contributed by atoms with Crippen LogP contribution in [-0.4, -0.2) is 0 Å². The lowest BCUT2D eigenvalue weighted by atomic mass is 9.95. The van der Waals surface area contributed by atoms with E-state index in [2.05, 4.69) is 92.3 Å². The smallest absolute Gasteiger partial charge is 0.0308 e. The highest BCUT2D eigenvalue weighted by atomic mass is 79.9. The van der Waals surface area contributed by atoms with Crippen LogP contribution in [0.4, 0.5) is 0 Å². The van der Waals surface area contributed by atoms with Crippen LogP contribution in [0.15, 0.2) is 40.9 Å². The van der Waals surface area contributed by atoms with Gasteiger partial charge in [-0.3, -0.25) is 0 Å². The van der Waals surface area contributed by atoms with Gasteiger partial charge in [0.25, 0.3) is 0 Å². The molecule has 2 rings (SSSR count). The van der Waals surface area contributed by atoms with Crippen molar-refractivity contribution in [3.05, 3.63) is 68.7 Å². The van der Waals surface area contributed by atoms with Crippen molar-refractivity contribution in [2.45, 2.75) is 46.7 Å². The summed E-state index contributed by atoms with van der Waals surface area (Å²) in [6, 6.07) is 13.6. The number of aryl methyl sites for hydroxylation is 3. The summed E-state index contributed by atoms with van der Waals surface area (Å²) < 4.78 is 1.16. The van der Waals surface area contributed by atoms with Gasteiger partial charge in [0.1, 0.15) is 0 Å². The predicted octanol–water partition coefficient (Wildman–Crippen LogP) is 5.79. The molecule has 21 heavy (non-hydrogen) atoms. The van der Waals surface area contributed by atoms with Gasteiger partial charge in [0.2, 0.25) is 0 Å². The average Bonchev–Trinajstić information content (AvgIpc) is 2.43. The maximum absolute atomic E-state index is 3.71. The summed E-state index contributed by atoms with van der Waals surface area (Å²) in [6.45, 7) is 11.0. The van der Waals surface area contributed by atoms with Crippen LogP contribution in [0.25, 0.3) is 0 Å². The molecule has 1 N–H and O–H groups in total. The number of nitrogens with one attached hydrogen (secondary N) is 1. The second kappa shape index (κ2) is 6.76. The molecule has 2 aromatic carbocycles. The molecule has 0 spiro atoms. The van der Waals surface area contributed by atoms with Crippen LogP contribution >= 0.6 is 15.9 Å². The summed E-state index contributed by atoms with van der Waals surface area (Å²) in [5, 5.41) is 3.71. The minimum atomic E-state index is 0.302. The molecule has 112 valence electrons. The highest BCUT2D eigenvalue weighted by Crippen LogP contribution is 2.27. The normalized spacial score (nSPS) is 14.0. The first-order valence-electron chi connectivity index (χ1n) is 7.48. The van der Waals surface area contributed by atoms with Gasteiger partial charge in [-0.15, -0.1) is 0 Å². The van der Waals surface area contributed by atoms with Gasteiger partial charge in [0, 0.05) is 16.6 Å². The Labute approximate surface area is 136 Å². The van der Waals surface area contributed by atoms with Crippen molar-refractivity contribution in [2.75, 3.05) is 0 Å². The third-order valence-electron chi connectivity index (χ3n) is 4.22. The van der Waals surface area contributed by atoms with E-state index in [4.69, 9.17) is 0 Å². The summed E-state index contributed by atoms with van der Waals surface area (Å²) >= 11 is 3.64. The minimum absolute atomic E-state index is 0.302. The second-order valence-corrected chi connectivity index (χ2v) is 6.78. The fraction of sp³-hybridized carbons (Fsp3) is 0.368. The van der Waals surface area contributed by atoms with Crippen LogP contribution in [0.1, 0.15) is 53.7 Å². The predicted molar refractivity (Wildman–Crippen MR) is 94.8 cm³/mol. The molecule has 0 radical (unpaired) electrons. The van der Waals surface area contributed by atoms with E-state index in [-0.39, 0.29) is 0 Å². The zero-order valence-electron chi connectivity index (χ0n) is 13.5. The summed E-state index contributed by atoms with van der Waals surface area (Å²) in [7, 11) is 0. The van der Waals surface area contributed by atoms with Crippen molar-refractivity contribution in [2.24, 2.45) is 0 Å². The Morgan fingerprint density at radius 1 is 0.810 bits per heavy atom. The summed E-state index contributed by atoms with van der Waals surface area (Å²) in [5.74, 6) is 0. The van der Waals surface area contributed by atoms with Crippen LogP contribution in [0.3, 0.4) is 0 Å². The fourth-order valence-electron chi connectivity index (χ4n) is 2.83. The average molecular weight is 346 g/mol. The molecule has 0 saturated heterocycles. The van der Waals surface area contributed by atoms with E-state index >= 15 is 0 Å². The Hall–Kier alpha value is -1.12. The van der Waals surface area contributed by atoms with E-state index in [0.29, 0.717) is 12.1 Å². The van der Waals surface area contributed by atoms with Crippen molar-refractivity contribution in [1.29, 1.82) is 0 Å². The number of benzene rings is 2. The van der Waals surface area contributed by atoms with E-state index < -0.39 is 0 Å². The quantitative estimate of drug-likeness (QED) is 0.739. The second-order valence-electron chi connectivity index (χ2n) is 5.92. The summed E-state index contributed by atoms with van der Waals surface area (Å²) in [4.78, 5) is 0. The molecule has 2 atom stereocenters. The number of hydrogen-bond donors (Lipinski definition) is 1. The maximum atomic E-state index is 3.71. The number of hydrogen-bond acceptors (Lipinski definition) is 1. The molecule has 1 unspecified atom stereocenters.